The van der Waals surface area contributed by atoms with Crippen molar-refractivity contribution in [3.8, 4) is 0 Å². The largest absolute Gasteiger partial charge is 0.379 e. The van der Waals surface area contributed by atoms with Gasteiger partial charge in [-0.25, -0.2) is 0 Å². The van der Waals surface area contributed by atoms with Gasteiger partial charge in [0.25, 0.3) is 0 Å². The zero-order valence-electron chi connectivity index (χ0n) is 16.2. The van der Waals surface area contributed by atoms with Gasteiger partial charge in [0, 0.05) is 55.7 Å². The Bertz CT molecular complexity index is 628. The van der Waals surface area contributed by atoms with Gasteiger partial charge in [-0.15, -0.1) is 0 Å². The topological polar surface area (TPSA) is 40.1 Å². The molecule has 5 nitrogen and oxygen atoms in total. The van der Waals surface area contributed by atoms with Crippen molar-refractivity contribution in [3.05, 3.63) is 34.3 Å². The molecule has 1 aromatic rings. The fraction of sp³-hybridized carbons (Fsp3) is 0.650. The first-order valence-electron chi connectivity index (χ1n) is 9.53. The molecule has 2 aliphatic heterocycles. The summed E-state index contributed by atoms with van der Waals surface area (Å²) in [6, 6.07) is 9.09. The van der Waals surface area contributed by atoms with E-state index in [-0.39, 0.29) is 5.41 Å². The SMILES string of the molecule is CN=C(NCC(C)(C)c1ccccc1Br)N1CCC(N2CCOCC2)C1. The van der Waals surface area contributed by atoms with Gasteiger partial charge in [-0.1, -0.05) is 48.0 Å². The highest BCUT2D eigenvalue weighted by Gasteiger charge is 2.31. The van der Waals surface area contributed by atoms with Crippen molar-refractivity contribution in [1.29, 1.82) is 0 Å². The minimum Gasteiger partial charge on any atom is -0.379 e. The van der Waals surface area contributed by atoms with Crippen LogP contribution in [0.3, 0.4) is 0 Å². The fourth-order valence-corrected chi connectivity index (χ4v) is 4.73. The van der Waals surface area contributed by atoms with Crippen LogP contribution < -0.4 is 5.32 Å². The van der Waals surface area contributed by atoms with Crippen LogP contribution in [-0.4, -0.2) is 74.8 Å². The minimum atomic E-state index is 0.0133. The molecule has 0 spiro atoms. The molecule has 1 atom stereocenters. The number of ether oxygens (including phenoxy) is 1. The molecule has 1 aromatic carbocycles. The van der Waals surface area contributed by atoms with Gasteiger partial charge in [0.05, 0.1) is 13.2 Å². The maximum atomic E-state index is 5.49. The van der Waals surface area contributed by atoms with E-state index in [2.05, 4.69) is 74.2 Å². The zero-order valence-corrected chi connectivity index (χ0v) is 17.8. The normalized spacial score (nSPS) is 22.7. The molecule has 2 heterocycles. The van der Waals surface area contributed by atoms with Crippen LogP contribution in [0.15, 0.2) is 33.7 Å². The van der Waals surface area contributed by atoms with E-state index < -0.39 is 0 Å². The van der Waals surface area contributed by atoms with E-state index in [9.17, 15) is 0 Å². The highest BCUT2D eigenvalue weighted by molar-refractivity contribution is 9.10. The van der Waals surface area contributed by atoms with Crippen LogP contribution in [-0.2, 0) is 10.2 Å². The Labute approximate surface area is 165 Å². The van der Waals surface area contributed by atoms with Gasteiger partial charge >= 0.3 is 0 Å². The molecule has 1 unspecified atom stereocenters. The highest BCUT2D eigenvalue weighted by atomic mass is 79.9. The van der Waals surface area contributed by atoms with Crippen molar-refractivity contribution < 1.29 is 4.74 Å². The van der Waals surface area contributed by atoms with Gasteiger partial charge in [0.15, 0.2) is 5.96 Å². The van der Waals surface area contributed by atoms with E-state index in [0.29, 0.717) is 6.04 Å². The smallest absolute Gasteiger partial charge is 0.193 e. The highest BCUT2D eigenvalue weighted by Crippen LogP contribution is 2.29. The Morgan fingerprint density at radius 3 is 2.69 bits per heavy atom. The Morgan fingerprint density at radius 2 is 2.00 bits per heavy atom. The summed E-state index contributed by atoms with van der Waals surface area (Å²) in [4.78, 5) is 9.52. The molecule has 2 saturated heterocycles. The van der Waals surface area contributed by atoms with Gasteiger partial charge in [-0.2, -0.15) is 0 Å². The third-order valence-corrected chi connectivity index (χ3v) is 6.22. The molecule has 0 radical (unpaired) electrons. The molecule has 0 saturated carbocycles. The van der Waals surface area contributed by atoms with Crippen molar-refractivity contribution in [2.75, 3.05) is 53.0 Å². The minimum absolute atomic E-state index is 0.0133. The van der Waals surface area contributed by atoms with Crippen molar-refractivity contribution in [1.82, 2.24) is 15.1 Å². The van der Waals surface area contributed by atoms with E-state index in [1.165, 1.54) is 12.0 Å². The Morgan fingerprint density at radius 1 is 1.27 bits per heavy atom. The van der Waals surface area contributed by atoms with Crippen LogP contribution in [0.2, 0.25) is 0 Å². The number of benzene rings is 1. The lowest BCUT2D eigenvalue weighted by Crippen LogP contribution is -2.48. The van der Waals surface area contributed by atoms with E-state index in [1.54, 1.807) is 0 Å². The van der Waals surface area contributed by atoms with Crippen LogP contribution in [0.1, 0.15) is 25.8 Å². The maximum absolute atomic E-state index is 5.49. The summed E-state index contributed by atoms with van der Waals surface area (Å²) in [7, 11) is 1.88. The molecule has 0 aromatic heterocycles. The lowest BCUT2D eigenvalue weighted by Gasteiger charge is -2.33. The van der Waals surface area contributed by atoms with Crippen molar-refractivity contribution >= 4 is 21.9 Å². The van der Waals surface area contributed by atoms with Crippen molar-refractivity contribution in [2.24, 2.45) is 4.99 Å². The number of likely N-dealkylation sites (tertiary alicyclic amines) is 1. The zero-order chi connectivity index (χ0) is 18.6. The van der Waals surface area contributed by atoms with Gasteiger partial charge in [0.2, 0.25) is 0 Å². The molecule has 3 rings (SSSR count). The molecule has 6 heteroatoms. The Kier molecular flexibility index (Phi) is 6.59. The van der Waals surface area contributed by atoms with Crippen LogP contribution in [0.25, 0.3) is 0 Å². The van der Waals surface area contributed by atoms with Gasteiger partial charge < -0.3 is 15.0 Å². The third kappa shape index (κ3) is 4.59. The number of guanidine groups is 1. The van der Waals surface area contributed by atoms with Crippen molar-refractivity contribution in [3.63, 3.8) is 0 Å². The molecule has 1 N–H and O–H groups in total. The van der Waals surface area contributed by atoms with E-state index in [4.69, 9.17) is 4.74 Å². The monoisotopic (exact) mass is 422 g/mol. The average molecular weight is 423 g/mol. The molecular formula is C20H31BrN4O. The van der Waals surface area contributed by atoms with Gasteiger partial charge in [0.1, 0.15) is 0 Å². The third-order valence-electron chi connectivity index (χ3n) is 5.53. The molecular weight excluding hydrogens is 392 g/mol. The summed E-state index contributed by atoms with van der Waals surface area (Å²) in [5, 5.41) is 3.61. The quantitative estimate of drug-likeness (QED) is 0.597. The second-order valence-electron chi connectivity index (χ2n) is 7.80. The van der Waals surface area contributed by atoms with Gasteiger partial charge in [-0.05, 0) is 18.1 Å². The van der Waals surface area contributed by atoms with Crippen LogP contribution in [0.5, 0.6) is 0 Å². The number of aliphatic imine (C=N–C) groups is 1. The summed E-state index contributed by atoms with van der Waals surface area (Å²) in [5.41, 5.74) is 1.33. The molecule has 0 aliphatic carbocycles. The summed E-state index contributed by atoms with van der Waals surface area (Å²) in [5.74, 6) is 1.01. The second kappa shape index (κ2) is 8.72. The van der Waals surface area contributed by atoms with Crippen molar-refractivity contribution in [2.45, 2.75) is 31.7 Å². The summed E-state index contributed by atoms with van der Waals surface area (Å²) in [6.45, 7) is 11.3. The number of nitrogens with zero attached hydrogens (tertiary/aromatic N) is 3. The molecule has 2 fully saturated rings. The number of nitrogens with one attached hydrogen (secondary N) is 1. The predicted molar refractivity (Wildman–Crippen MR) is 111 cm³/mol. The van der Waals surface area contributed by atoms with Crippen LogP contribution >= 0.6 is 15.9 Å². The first-order valence-corrected chi connectivity index (χ1v) is 10.3. The van der Waals surface area contributed by atoms with E-state index >= 15 is 0 Å². The summed E-state index contributed by atoms with van der Waals surface area (Å²) in [6.07, 6.45) is 1.20. The number of morpholine rings is 1. The standard InChI is InChI=1S/C20H31BrN4O/c1-20(2,17-6-4-5-7-18(17)21)15-23-19(22-3)25-9-8-16(14-25)24-10-12-26-13-11-24/h4-7,16H,8-15H2,1-3H3,(H,22,23). The lowest BCUT2D eigenvalue weighted by molar-refractivity contribution is 0.0195. The molecule has 0 bridgehead atoms. The lowest BCUT2D eigenvalue weighted by atomic mass is 9.84. The van der Waals surface area contributed by atoms with Gasteiger partial charge in [-0.3, -0.25) is 9.89 Å². The predicted octanol–water partition coefficient (Wildman–Crippen LogP) is 2.71. The maximum Gasteiger partial charge on any atom is 0.193 e. The van der Waals surface area contributed by atoms with E-state index in [0.717, 1.165) is 56.4 Å². The number of hydrogen-bond donors (Lipinski definition) is 1. The molecule has 26 heavy (non-hydrogen) atoms. The number of halogens is 1. The Hall–Kier alpha value is -1.11. The molecule has 144 valence electrons. The molecule has 2 aliphatic rings. The van der Waals surface area contributed by atoms with E-state index in [1.807, 2.05) is 7.05 Å². The van der Waals surface area contributed by atoms with Crippen LogP contribution in [0.4, 0.5) is 0 Å². The first-order chi connectivity index (χ1) is 12.5. The first kappa shape index (κ1) is 19.6. The summed E-state index contributed by atoms with van der Waals surface area (Å²) < 4.78 is 6.65. The van der Waals surface area contributed by atoms with Crippen LogP contribution in [0, 0.1) is 0 Å². The molecule has 0 amide bonds. The summed E-state index contributed by atoms with van der Waals surface area (Å²) >= 11 is 3.69. The fourth-order valence-electron chi connectivity index (χ4n) is 3.91. The number of hydrogen-bond acceptors (Lipinski definition) is 3. The Balaban J connectivity index is 1.57. The number of rotatable bonds is 4. The average Bonchev–Trinajstić information content (AvgIpc) is 3.13. The second-order valence-corrected chi connectivity index (χ2v) is 8.66.